The maximum absolute atomic E-state index is 11.2. The molecule has 5 heteroatoms. The summed E-state index contributed by atoms with van der Waals surface area (Å²) in [4.78, 5) is 11.2. The SMILES string of the molecule is O=Cc1nnn(-c2ccccc2)c1/C=C/c1ccc(Cl)cc1. The highest BCUT2D eigenvalue weighted by Crippen LogP contribution is 2.16. The van der Waals surface area contributed by atoms with Crippen molar-refractivity contribution in [2.24, 2.45) is 0 Å². The van der Waals surface area contributed by atoms with Crippen molar-refractivity contribution >= 4 is 30.0 Å². The van der Waals surface area contributed by atoms with Gasteiger partial charge in [-0.15, -0.1) is 5.10 Å². The molecule has 2 aromatic carbocycles. The molecule has 0 N–H and O–H groups in total. The zero-order valence-corrected chi connectivity index (χ0v) is 12.3. The van der Waals surface area contributed by atoms with E-state index in [2.05, 4.69) is 10.3 Å². The first-order chi connectivity index (χ1) is 10.8. The number of halogens is 1. The second-order valence-corrected chi connectivity index (χ2v) is 5.05. The van der Waals surface area contributed by atoms with Crippen LogP contribution < -0.4 is 0 Å². The molecular formula is C17H12ClN3O. The molecule has 0 spiro atoms. The van der Waals surface area contributed by atoms with E-state index >= 15 is 0 Å². The zero-order chi connectivity index (χ0) is 15.4. The monoisotopic (exact) mass is 309 g/mol. The van der Waals surface area contributed by atoms with Crippen molar-refractivity contribution in [2.45, 2.75) is 0 Å². The lowest BCUT2D eigenvalue weighted by Crippen LogP contribution is -1.99. The molecule has 108 valence electrons. The summed E-state index contributed by atoms with van der Waals surface area (Å²) in [6.07, 6.45) is 4.41. The molecule has 0 saturated heterocycles. The summed E-state index contributed by atoms with van der Waals surface area (Å²) in [5.74, 6) is 0. The first-order valence-electron chi connectivity index (χ1n) is 6.68. The number of aromatic nitrogens is 3. The largest absolute Gasteiger partial charge is 0.296 e. The standard InChI is InChI=1S/C17H12ClN3O/c18-14-9-6-13(7-10-14)8-11-17-16(12-22)19-20-21(17)15-4-2-1-3-5-15/h1-12H/b11-8+. The van der Waals surface area contributed by atoms with E-state index in [-0.39, 0.29) is 0 Å². The van der Waals surface area contributed by atoms with Crippen LogP contribution in [-0.2, 0) is 0 Å². The van der Waals surface area contributed by atoms with Gasteiger partial charge in [0.15, 0.2) is 12.0 Å². The third-order valence-corrected chi connectivity index (χ3v) is 3.40. The number of carbonyl (C=O) groups is 1. The number of para-hydroxylation sites is 1. The van der Waals surface area contributed by atoms with Crippen LogP contribution in [-0.4, -0.2) is 21.3 Å². The first kappa shape index (κ1) is 14.2. The number of rotatable bonds is 4. The van der Waals surface area contributed by atoms with E-state index in [0.29, 0.717) is 22.7 Å². The minimum absolute atomic E-state index is 0.300. The van der Waals surface area contributed by atoms with Crippen LogP contribution in [0.2, 0.25) is 5.02 Å². The van der Waals surface area contributed by atoms with Crippen LogP contribution in [0, 0.1) is 0 Å². The van der Waals surface area contributed by atoms with Crippen LogP contribution in [0.1, 0.15) is 21.7 Å². The molecule has 22 heavy (non-hydrogen) atoms. The molecule has 0 aliphatic heterocycles. The highest BCUT2D eigenvalue weighted by molar-refractivity contribution is 6.30. The summed E-state index contributed by atoms with van der Waals surface area (Å²) < 4.78 is 1.64. The number of nitrogens with zero attached hydrogens (tertiary/aromatic N) is 3. The molecule has 0 aliphatic rings. The lowest BCUT2D eigenvalue weighted by Gasteiger charge is -2.03. The van der Waals surface area contributed by atoms with Crippen LogP contribution >= 0.6 is 11.6 Å². The maximum atomic E-state index is 11.2. The van der Waals surface area contributed by atoms with Gasteiger partial charge < -0.3 is 0 Å². The van der Waals surface area contributed by atoms with Crippen molar-refractivity contribution in [2.75, 3.05) is 0 Å². The van der Waals surface area contributed by atoms with Crippen molar-refractivity contribution in [3.63, 3.8) is 0 Å². The van der Waals surface area contributed by atoms with Gasteiger partial charge in [-0.05, 0) is 35.9 Å². The third-order valence-electron chi connectivity index (χ3n) is 3.15. The van der Waals surface area contributed by atoms with E-state index in [9.17, 15) is 4.79 Å². The van der Waals surface area contributed by atoms with Gasteiger partial charge in [0.2, 0.25) is 0 Å². The lowest BCUT2D eigenvalue weighted by atomic mass is 10.2. The highest BCUT2D eigenvalue weighted by Gasteiger charge is 2.10. The molecule has 0 bridgehead atoms. The van der Waals surface area contributed by atoms with E-state index in [0.717, 1.165) is 11.3 Å². The van der Waals surface area contributed by atoms with Gasteiger partial charge in [-0.3, -0.25) is 4.79 Å². The van der Waals surface area contributed by atoms with Gasteiger partial charge in [0.25, 0.3) is 0 Å². The molecule has 1 aromatic heterocycles. The van der Waals surface area contributed by atoms with Crippen LogP contribution in [0.15, 0.2) is 54.6 Å². The Morgan fingerprint density at radius 1 is 0.955 bits per heavy atom. The Morgan fingerprint density at radius 3 is 2.36 bits per heavy atom. The van der Waals surface area contributed by atoms with Crippen LogP contribution in [0.3, 0.4) is 0 Å². The van der Waals surface area contributed by atoms with Gasteiger partial charge in [0, 0.05) is 5.02 Å². The fourth-order valence-corrected chi connectivity index (χ4v) is 2.18. The summed E-state index contributed by atoms with van der Waals surface area (Å²) in [5, 5.41) is 8.64. The Bertz CT molecular complexity index is 808. The first-order valence-corrected chi connectivity index (χ1v) is 7.05. The second kappa shape index (κ2) is 6.37. The zero-order valence-electron chi connectivity index (χ0n) is 11.6. The van der Waals surface area contributed by atoms with Gasteiger partial charge >= 0.3 is 0 Å². The summed E-state index contributed by atoms with van der Waals surface area (Å²) >= 11 is 5.87. The molecule has 3 aromatic rings. The topological polar surface area (TPSA) is 47.8 Å². The Labute approximate surface area is 132 Å². The molecule has 0 radical (unpaired) electrons. The fraction of sp³-hybridized carbons (Fsp3) is 0. The molecule has 3 rings (SSSR count). The maximum Gasteiger partial charge on any atom is 0.172 e. The van der Waals surface area contributed by atoms with E-state index in [4.69, 9.17) is 11.6 Å². The summed E-state index contributed by atoms with van der Waals surface area (Å²) in [7, 11) is 0. The minimum atomic E-state index is 0.300. The smallest absolute Gasteiger partial charge is 0.172 e. The molecule has 0 fully saturated rings. The second-order valence-electron chi connectivity index (χ2n) is 4.61. The van der Waals surface area contributed by atoms with Gasteiger partial charge in [-0.2, -0.15) is 0 Å². The van der Waals surface area contributed by atoms with Crippen molar-refractivity contribution in [1.82, 2.24) is 15.0 Å². The molecule has 0 amide bonds. The molecule has 4 nitrogen and oxygen atoms in total. The molecule has 0 unspecified atom stereocenters. The number of hydrogen-bond donors (Lipinski definition) is 0. The Morgan fingerprint density at radius 2 is 1.68 bits per heavy atom. The minimum Gasteiger partial charge on any atom is -0.296 e. The van der Waals surface area contributed by atoms with Crippen LogP contribution in [0.4, 0.5) is 0 Å². The van der Waals surface area contributed by atoms with E-state index in [1.807, 2.05) is 66.7 Å². The number of benzene rings is 2. The molecule has 0 saturated carbocycles. The number of aldehydes is 1. The molecular weight excluding hydrogens is 298 g/mol. The number of carbonyl (C=O) groups excluding carboxylic acids is 1. The van der Waals surface area contributed by atoms with Crippen LogP contribution in [0.25, 0.3) is 17.8 Å². The normalized spacial score (nSPS) is 11.0. The summed E-state index contributed by atoms with van der Waals surface area (Å²) in [5.41, 5.74) is 2.76. The third kappa shape index (κ3) is 2.97. The average molecular weight is 310 g/mol. The molecule has 1 heterocycles. The van der Waals surface area contributed by atoms with Gasteiger partial charge in [-0.25, -0.2) is 4.68 Å². The predicted molar refractivity (Wildman–Crippen MR) is 87.1 cm³/mol. The molecule has 0 aliphatic carbocycles. The fourth-order valence-electron chi connectivity index (χ4n) is 2.05. The van der Waals surface area contributed by atoms with Gasteiger partial charge in [0.05, 0.1) is 11.4 Å². The summed E-state index contributed by atoms with van der Waals surface area (Å²) in [6.45, 7) is 0. The van der Waals surface area contributed by atoms with Gasteiger partial charge in [0.1, 0.15) is 0 Å². The van der Waals surface area contributed by atoms with Crippen molar-refractivity contribution in [1.29, 1.82) is 0 Å². The Balaban J connectivity index is 2.00. The van der Waals surface area contributed by atoms with Crippen LogP contribution in [0.5, 0.6) is 0 Å². The Hall–Kier alpha value is -2.72. The van der Waals surface area contributed by atoms with Crippen molar-refractivity contribution in [3.8, 4) is 5.69 Å². The molecule has 0 atom stereocenters. The highest BCUT2D eigenvalue weighted by atomic mass is 35.5. The van der Waals surface area contributed by atoms with Crippen molar-refractivity contribution < 1.29 is 4.79 Å². The summed E-state index contributed by atoms with van der Waals surface area (Å²) in [6, 6.07) is 17.0. The predicted octanol–water partition coefficient (Wildman–Crippen LogP) is 3.90. The van der Waals surface area contributed by atoms with E-state index in [1.54, 1.807) is 4.68 Å². The average Bonchev–Trinajstić information content (AvgIpc) is 2.98. The van der Waals surface area contributed by atoms with E-state index in [1.165, 1.54) is 0 Å². The lowest BCUT2D eigenvalue weighted by molar-refractivity contribution is 0.111. The van der Waals surface area contributed by atoms with E-state index < -0.39 is 0 Å². The van der Waals surface area contributed by atoms with Crippen molar-refractivity contribution in [3.05, 3.63) is 76.6 Å². The Kier molecular flexibility index (Phi) is 4.12. The van der Waals surface area contributed by atoms with Gasteiger partial charge in [-0.1, -0.05) is 53.2 Å². The number of hydrogen-bond acceptors (Lipinski definition) is 3. The quantitative estimate of drug-likeness (QED) is 0.687.